The fourth-order valence-electron chi connectivity index (χ4n) is 1.79. The van der Waals surface area contributed by atoms with Crippen LogP contribution in [0, 0.1) is 0 Å². The summed E-state index contributed by atoms with van der Waals surface area (Å²) in [6.45, 7) is 4.32. The highest BCUT2D eigenvalue weighted by Gasteiger charge is 2.25. The zero-order chi connectivity index (χ0) is 8.43. The van der Waals surface area contributed by atoms with Crippen molar-refractivity contribution in [2.45, 2.75) is 44.9 Å². The Bertz CT molecular complexity index is 115. The van der Waals surface area contributed by atoms with Crippen molar-refractivity contribution in [3.05, 3.63) is 0 Å². The lowest BCUT2D eigenvalue weighted by atomic mass is 9.99. The van der Waals surface area contributed by atoms with E-state index in [0.29, 0.717) is 18.2 Å². The number of nitrogens with zero attached hydrogens (tertiary/aromatic N) is 1. The zero-order valence-corrected chi connectivity index (χ0v) is 8.00. The van der Waals surface area contributed by atoms with Crippen LogP contribution in [0.1, 0.15) is 26.7 Å². The highest BCUT2D eigenvalue weighted by Crippen LogP contribution is 2.21. The van der Waals surface area contributed by atoms with Crippen molar-refractivity contribution in [2.24, 2.45) is 0 Å². The van der Waals surface area contributed by atoms with E-state index in [1.165, 1.54) is 12.8 Å². The molecule has 1 saturated heterocycles. The lowest BCUT2D eigenvalue weighted by molar-refractivity contribution is -0.0578. The fraction of sp³-hybridized carbons (Fsp3) is 1.00. The highest BCUT2D eigenvalue weighted by atomic mass is 16.5. The summed E-state index contributed by atoms with van der Waals surface area (Å²) >= 11 is 0. The van der Waals surface area contributed by atoms with Crippen LogP contribution in [0.4, 0.5) is 0 Å². The van der Waals surface area contributed by atoms with Gasteiger partial charge in [-0.25, -0.2) is 0 Å². The molecule has 11 heavy (non-hydrogen) atoms. The van der Waals surface area contributed by atoms with E-state index >= 15 is 0 Å². The van der Waals surface area contributed by atoms with Gasteiger partial charge in [-0.1, -0.05) is 0 Å². The predicted octanol–water partition coefficient (Wildman–Crippen LogP) is 1.50. The van der Waals surface area contributed by atoms with Crippen molar-refractivity contribution >= 4 is 0 Å². The molecule has 66 valence electrons. The van der Waals surface area contributed by atoms with Gasteiger partial charge in [0.05, 0.1) is 12.2 Å². The first-order valence-electron chi connectivity index (χ1n) is 4.41. The summed E-state index contributed by atoms with van der Waals surface area (Å²) in [7, 11) is 4.30. The first kappa shape index (κ1) is 9.01. The topological polar surface area (TPSA) is 12.5 Å². The molecule has 1 heterocycles. The molecule has 1 rings (SSSR count). The molecule has 2 nitrogen and oxygen atoms in total. The second-order valence-corrected chi connectivity index (χ2v) is 3.85. The number of hydrogen-bond donors (Lipinski definition) is 0. The van der Waals surface area contributed by atoms with Gasteiger partial charge in [0.1, 0.15) is 0 Å². The van der Waals surface area contributed by atoms with Gasteiger partial charge in [0, 0.05) is 6.04 Å². The van der Waals surface area contributed by atoms with Gasteiger partial charge in [0.2, 0.25) is 0 Å². The Balaban J connectivity index is 2.43. The van der Waals surface area contributed by atoms with E-state index in [0.717, 1.165) is 0 Å². The maximum Gasteiger partial charge on any atom is 0.0565 e. The first-order chi connectivity index (χ1) is 5.09. The summed E-state index contributed by atoms with van der Waals surface area (Å²) < 4.78 is 5.64. The molecule has 0 aromatic heterocycles. The second kappa shape index (κ2) is 3.55. The molecule has 3 atom stereocenters. The van der Waals surface area contributed by atoms with Crippen molar-refractivity contribution in [1.82, 2.24) is 4.90 Å². The van der Waals surface area contributed by atoms with Crippen LogP contribution >= 0.6 is 0 Å². The normalized spacial score (nSPS) is 39.5. The molecule has 0 saturated carbocycles. The monoisotopic (exact) mass is 157 g/mol. The van der Waals surface area contributed by atoms with E-state index in [-0.39, 0.29) is 0 Å². The summed E-state index contributed by atoms with van der Waals surface area (Å²) in [5.74, 6) is 0. The molecule has 2 unspecified atom stereocenters. The van der Waals surface area contributed by atoms with Crippen molar-refractivity contribution in [2.75, 3.05) is 14.1 Å². The molecule has 0 N–H and O–H groups in total. The van der Waals surface area contributed by atoms with E-state index in [2.05, 4.69) is 32.8 Å². The number of rotatable bonds is 1. The standard InChI is InChI=1S/C9H19NO/c1-7-5-9(10(3)4)6-8(2)11-7/h7-9H,5-6H2,1-4H3/t7-,8?,9?/m1/s1. The Kier molecular flexibility index (Phi) is 2.90. The molecule has 0 spiro atoms. The summed E-state index contributed by atoms with van der Waals surface area (Å²) in [5.41, 5.74) is 0. The summed E-state index contributed by atoms with van der Waals surface area (Å²) in [5, 5.41) is 0. The average molecular weight is 157 g/mol. The molecule has 1 aliphatic heterocycles. The van der Waals surface area contributed by atoms with Gasteiger partial charge in [-0.05, 0) is 40.8 Å². The quantitative estimate of drug-likeness (QED) is 0.572. The lowest BCUT2D eigenvalue weighted by Gasteiger charge is -2.35. The van der Waals surface area contributed by atoms with Crippen LogP contribution < -0.4 is 0 Å². The van der Waals surface area contributed by atoms with Crippen molar-refractivity contribution < 1.29 is 4.74 Å². The van der Waals surface area contributed by atoms with Crippen LogP contribution in [0.15, 0.2) is 0 Å². The molecule has 0 bridgehead atoms. The molecule has 1 aliphatic rings. The molecule has 0 radical (unpaired) electrons. The molecule has 0 aromatic rings. The van der Waals surface area contributed by atoms with Crippen LogP contribution in [-0.2, 0) is 4.74 Å². The zero-order valence-electron chi connectivity index (χ0n) is 8.00. The van der Waals surface area contributed by atoms with Gasteiger partial charge in [-0.3, -0.25) is 0 Å². The van der Waals surface area contributed by atoms with Gasteiger partial charge in [0.15, 0.2) is 0 Å². The Morgan fingerprint density at radius 1 is 1.09 bits per heavy atom. The Labute approximate surface area is 69.5 Å². The van der Waals surface area contributed by atoms with Crippen LogP contribution in [0.2, 0.25) is 0 Å². The maximum absolute atomic E-state index is 5.64. The molecule has 0 aliphatic carbocycles. The van der Waals surface area contributed by atoms with Gasteiger partial charge in [-0.2, -0.15) is 0 Å². The van der Waals surface area contributed by atoms with Crippen molar-refractivity contribution in [1.29, 1.82) is 0 Å². The summed E-state index contributed by atoms with van der Waals surface area (Å²) in [4.78, 5) is 2.30. The molecule has 0 amide bonds. The fourth-order valence-corrected chi connectivity index (χ4v) is 1.79. The van der Waals surface area contributed by atoms with E-state index in [1.807, 2.05) is 0 Å². The average Bonchev–Trinajstić information content (AvgIpc) is 1.85. The SMILES string of the molecule is CC1CC(N(C)C)C[C@@H](C)O1. The van der Waals surface area contributed by atoms with Gasteiger partial charge in [0.25, 0.3) is 0 Å². The van der Waals surface area contributed by atoms with Gasteiger partial charge >= 0.3 is 0 Å². The number of hydrogen-bond acceptors (Lipinski definition) is 2. The first-order valence-corrected chi connectivity index (χ1v) is 4.41. The Hall–Kier alpha value is -0.0800. The minimum Gasteiger partial charge on any atom is -0.375 e. The van der Waals surface area contributed by atoms with Crippen molar-refractivity contribution in [3.63, 3.8) is 0 Å². The van der Waals surface area contributed by atoms with Crippen LogP contribution in [-0.4, -0.2) is 37.2 Å². The lowest BCUT2D eigenvalue weighted by Crippen LogP contribution is -2.40. The third-order valence-electron chi connectivity index (χ3n) is 2.40. The number of ether oxygens (including phenoxy) is 1. The Morgan fingerprint density at radius 3 is 1.91 bits per heavy atom. The maximum atomic E-state index is 5.64. The van der Waals surface area contributed by atoms with E-state index < -0.39 is 0 Å². The van der Waals surface area contributed by atoms with Crippen LogP contribution in [0.5, 0.6) is 0 Å². The van der Waals surface area contributed by atoms with E-state index in [1.54, 1.807) is 0 Å². The molecule has 2 heteroatoms. The minimum atomic E-state index is 0.436. The summed E-state index contributed by atoms with van der Waals surface area (Å²) in [6, 6.07) is 0.716. The van der Waals surface area contributed by atoms with Gasteiger partial charge < -0.3 is 9.64 Å². The molecule has 1 fully saturated rings. The largest absolute Gasteiger partial charge is 0.375 e. The summed E-state index contributed by atoms with van der Waals surface area (Å²) in [6.07, 6.45) is 3.23. The van der Waals surface area contributed by atoms with Crippen LogP contribution in [0.25, 0.3) is 0 Å². The van der Waals surface area contributed by atoms with Gasteiger partial charge in [-0.15, -0.1) is 0 Å². The predicted molar refractivity (Wildman–Crippen MR) is 46.7 cm³/mol. The molecular formula is C9H19NO. The van der Waals surface area contributed by atoms with Crippen LogP contribution in [0.3, 0.4) is 0 Å². The van der Waals surface area contributed by atoms with E-state index in [9.17, 15) is 0 Å². The molecular weight excluding hydrogens is 138 g/mol. The second-order valence-electron chi connectivity index (χ2n) is 3.85. The minimum absolute atomic E-state index is 0.436. The van der Waals surface area contributed by atoms with E-state index in [4.69, 9.17) is 4.74 Å². The highest BCUT2D eigenvalue weighted by molar-refractivity contribution is 4.77. The third kappa shape index (κ3) is 2.46. The third-order valence-corrected chi connectivity index (χ3v) is 2.40. The molecule has 0 aromatic carbocycles. The van der Waals surface area contributed by atoms with Crippen molar-refractivity contribution in [3.8, 4) is 0 Å². The Morgan fingerprint density at radius 2 is 1.55 bits per heavy atom. The smallest absolute Gasteiger partial charge is 0.0565 e.